The summed E-state index contributed by atoms with van der Waals surface area (Å²) in [6, 6.07) is 10.9. The summed E-state index contributed by atoms with van der Waals surface area (Å²) in [4.78, 5) is 17.2. The fourth-order valence-corrected chi connectivity index (χ4v) is 4.06. The first-order valence-corrected chi connectivity index (χ1v) is 11.4. The molecule has 0 aliphatic carbocycles. The first kappa shape index (κ1) is 21.9. The molecule has 0 bridgehead atoms. The predicted octanol–water partition coefficient (Wildman–Crippen LogP) is 3.19. The zero-order chi connectivity index (χ0) is 21.7. The fraction of sp³-hybridized carbons (Fsp3) is 0.200. The van der Waals surface area contributed by atoms with Crippen LogP contribution >= 0.6 is 11.3 Å². The summed E-state index contributed by atoms with van der Waals surface area (Å²) in [6.45, 7) is 2.08. The molecule has 1 aromatic heterocycles. The number of anilines is 1. The number of hydrogen-bond acceptors (Lipinski definition) is 5. The number of benzene rings is 2. The highest BCUT2D eigenvalue weighted by Crippen LogP contribution is 2.22. The summed E-state index contributed by atoms with van der Waals surface area (Å²) in [7, 11) is -3.71. The van der Waals surface area contributed by atoms with Crippen molar-refractivity contribution in [2.45, 2.75) is 24.7 Å². The van der Waals surface area contributed by atoms with Crippen molar-refractivity contribution < 1.29 is 17.6 Å². The third-order valence-electron chi connectivity index (χ3n) is 4.34. The van der Waals surface area contributed by atoms with Gasteiger partial charge in [-0.25, -0.2) is 27.7 Å². The minimum Gasteiger partial charge on any atom is -0.337 e. The van der Waals surface area contributed by atoms with Crippen LogP contribution in [0.2, 0.25) is 0 Å². The Morgan fingerprint density at radius 1 is 1.17 bits per heavy atom. The molecule has 0 unspecified atom stereocenters. The number of thiazole rings is 1. The number of aryl methyl sites for hydroxylation is 1. The molecule has 0 fully saturated rings. The number of halogens is 1. The molecule has 7 nitrogen and oxygen atoms in total. The molecule has 30 heavy (non-hydrogen) atoms. The number of carbonyl (C=O) groups is 1. The second-order valence-corrected chi connectivity index (χ2v) is 9.39. The van der Waals surface area contributed by atoms with Crippen molar-refractivity contribution in [2.24, 2.45) is 5.14 Å². The van der Waals surface area contributed by atoms with Gasteiger partial charge >= 0.3 is 6.03 Å². The zero-order valence-corrected chi connectivity index (χ0v) is 17.8. The van der Waals surface area contributed by atoms with Crippen molar-refractivity contribution in [1.29, 1.82) is 0 Å². The van der Waals surface area contributed by atoms with Gasteiger partial charge in [0.15, 0.2) is 5.13 Å². The van der Waals surface area contributed by atoms with E-state index in [2.05, 4.69) is 15.6 Å². The minimum atomic E-state index is -3.71. The molecule has 1 heterocycles. The van der Waals surface area contributed by atoms with Crippen LogP contribution in [0.3, 0.4) is 0 Å². The monoisotopic (exact) mass is 448 g/mol. The van der Waals surface area contributed by atoms with Crippen LogP contribution in [-0.4, -0.2) is 26.0 Å². The first-order valence-electron chi connectivity index (χ1n) is 9.07. The van der Waals surface area contributed by atoms with Crippen LogP contribution in [0.4, 0.5) is 14.3 Å². The number of carbonyl (C=O) groups excluding carboxylic acids is 1. The molecule has 3 aromatic rings. The van der Waals surface area contributed by atoms with E-state index in [0.717, 1.165) is 16.0 Å². The second kappa shape index (κ2) is 9.33. The molecule has 0 radical (unpaired) electrons. The Labute approximate surface area is 178 Å². The normalized spacial score (nSPS) is 11.3. The number of rotatable bonds is 7. The molecule has 10 heteroatoms. The molecular weight excluding hydrogens is 427 g/mol. The highest BCUT2D eigenvalue weighted by Gasteiger charge is 2.09. The maximum absolute atomic E-state index is 13.7. The minimum absolute atomic E-state index is 0.0462. The third-order valence-corrected chi connectivity index (χ3v) is 6.18. The Kier molecular flexibility index (Phi) is 6.80. The quantitative estimate of drug-likeness (QED) is 0.515. The molecule has 3 rings (SSSR count). The second-order valence-electron chi connectivity index (χ2n) is 6.71. The summed E-state index contributed by atoms with van der Waals surface area (Å²) in [5, 5.41) is 10.9. The van der Waals surface area contributed by atoms with Crippen LogP contribution in [0.15, 0.2) is 53.6 Å². The van der Waals surface area contributed by atoms with Crippen molar-refractivity contribution in [1.82, 2.24) is 10.3 Å². The topological polar surface area (TPSA) is 114 Å². The summed E-state index contributed by atoms with van der Waals surface area (Å²) in [5.41, 5.74) is 2.30. The summed E-state index contributed by atoms with van der Waals surface area (Å²) in [5.74, 6) is -0.242. The highest BCUT2D eigenvalue weighted by atomic mass is 32.2. The Hall–Kier alpha value is -2.82. The Morgan fingerprint density at radius 2 is 1.87 bits per heavy atom. The number of nitrogens with zero attached hydrogens (tertiary/aromatic N) is 1. The van der Waals surface area contributed by atoms with Crippen molar-refractivity contribution in [2.75, 3.05) is 11.9 Å². The van der Waals surface area contributed by atoms with E-state index in [1.807, 2.05) is 6.07 Å². The number of urea groups is 1. The Morgan fingerprint density at radius 3 is 2.53 bits per heavy atom. The van der Waals surface area contributed by atoms with E-state index in [1.165, 1.54) is 29.5 Å². The van der Waals surface area contributed by atoms with Gasteiger partial charge in [-0.2, -0.15) is 0 Å². The molecule has 0 atom stereocenters. The zero-order valence-electron chi connectivity index (χ0n) is 16.2. The molecule has 0 spiro atoms. The lowest BCUT2D eigenvalue weighted by molar-refractivity contribution is 0.252. The van der Waals surface area contributed by atoms with E-state index in [-0.39, 0.29) is 10.7 Å². The fourth-order valence-electron chi connectivity index (χ4n) is 2.70. The van der Waals surface area contributed by atoms with Crippen molar-refractivity contribution in [3.05, 3.63) is 76.0 Å². The third kappa shape index (κ3) is 6.09. The Balaban J connectivity index is 1.46. The number of aromatic nitrogens is 1. The van der Waals surface area contributed by atoms with Gasteiger partial charge in [0.1, 0.15) is 5.82 Å². The number of nitrogens with two attached hydrogens (primary N) is 1. The molecule has 0 aliphatic heterocycles. The number of nitrogens with one attached hydrogen (secondary N) is 2. The summed E-state index contributed by atoms with van der Waals surface area (Å²) < 4.78 is 36.2. The SMILES string of the molecule is Cc1ccc(Cc2cnc(NC(=O)NCCc3ccc(S(N)(=O)=O)cc3)s2)cc1F. The van der Waals surface area contributed by atoms with Gasteiger partial charge in [-0.1, -0.05) is 24.3 Å². The van der Waals surface area contributed by atoms with Crippen LogP contribution in [0, 0.1) is 12.7 Å². The maximum atomic E-state index is 13.7. The van der Waals surface area contributed by atoms with Crippen molar-refractivity contribution in [3.8, 4) is 0 Å². The average molecular weight is 449 g/mol. The predicted molar refractivity (Wildman–Crippen MR) is 115 cm³/mol. The van der Waals surface area contributed by atoms with Crippen molar-refractivity contribution >= 4 is 32.5 Å². The largest absolute Gasteiger partial charge is 0.337 e. The Bertz CT molecular complexity index is 1150. The molecular formula is C20H21FN4O3S2. The van der Waals surface area contributed by atoms with Crippen molar-refractivity contribution in [3.63, 3.8) is 0 Å². The van der Waals surface area contributed by atoms with Crippen LogP contribution in [0.1, 0.15) is 21.6 Å². The van der Waals surface area contributed by atoms with Gasteiger partial charge in [0.25, 0.3) is 0 Å². The number of primary sulfonamides is 1. The number of hydrogen-bond donors (Lipinski definition) is 3. The van der Waals surface area contributed by atoms with Gasteiger partial charge in [-0.15, -0.1) is 11.3 Å². The lowest BCUT2D eigenvalue weighted by Gasteiger charge is -2.06. The smallest absolute Gasteiger partial charge is 0.321 e. The molecule has 2 amide bonds. The lowest BCUT2D eigenvalue weighted by Crippen LogP contribution is -2.30. The summed E-state index contributed by atoms with van der Waals surface area (Å²) in [6.07, 6.45) is 2.72. The van der Waals surface area contributed by atoms with Crippen LogP contribution in [-0.2, 0) is 22.9 Å². The van der Waals surface area contributed by atoms with Gasteiger partial charge < -0.3 is 5.32 Å². The van der Waals surface area contributed by atoms with Crippen LogP contribution in [0.25, 0.3) is 0 Å². The van der Waals surface area contributed by atoms with Crippen LogP contribution < -0.4 is 15.8 Å². The van der Waals surface area contributed by atoms with E-state index < -0.39 is 16.1 Å². The molecule has 2 aromatic carbocycles. The lowest BCUT2D eigenvalue weighted by atomic mass is 10.1. The molecule has 0 saturated carbocycles. The number of amides is 2. The van der Waals surface area contributed by atoms with E-state index in [4.69, 9.17) is 5.14 Å². The molecule has 4 N–H and O–H groups in total. The molecule has 0 saturated heterocycles. The van der Waals surface area contributed by atoms with Gasteiger partial charge in [-0.3, -0.25) is 5.32 Å². The summed E-state index contributed by atoms with van der Waals surface area (Å²) >= 11 is 1.33. The van der Waals surface area contributed by atoms with Gasteiger partial charge in [0, 0.05) is 24.0 Å². The van der Waals surface area contributed by atoms with E-state index in [9.17, 15) is 17.6 Å². The average Bonchev–Trinajstić information content (AvgIpc) is 3.11. The van der Waals surface area contributed by atoms with Gasteiger partial charge in [0.2, 0.25) is 10.0 Å². The first-order chi connectivity index (χ1) is 14.2. The van der Waals surface area contributed by atoms with E-state index in [0.29, 0.717) is 30.1 Å². The maximum Gasteiger partial charge on any atom is 0.321 e. The molecule has 158 valence electrons. The standard InChI is InChI=1S/C20H21FN4O3S2/c1-13-2-3-15(11-18(13)21)10-16-12-24-20(29-16)25-19(26)23-9-8-14-4-6-17(7-5-14)30(22,27)28/h2-7,11-12H,8-10H2,1H3,(H2,22,27,28)(H2,23,24,25,26). The number of sulfonamides is 1. The van der Waals surface area contributed by atoms with Gasteiger partial charge in [0.05, 0.1) is 4.90 Å². The van der Waals surface area contributed by atoms with E-state index in [1.54, 1.807) is 31.3 Å². The van der Waals surface area contributed by atoms with Gasteiger partial charge in [-0.05, 0) is 48.2 Å². The molecule has 0 aliphatic rings. The van der Waals surface area contributed by atoms with Crippen LogP contribution in [0.5, 0.6) is 0 Å². The van der Waals surface area contributed by atoms with E-state index >= 15 is 0 Å². The highest BCUT2D eigenvalue weighted by molar-refractivity contribution is 7.89.